The Bertz CT molecular complexity index is 199. The lowest BCUT2D eigenvalue weighted by molar-refractivity contribution is 0.163. The van der Waals surface area contributed by atoms with Gasteiger partial charge in [-0.05, 0) is 50.6 Å². The zero-order valence-electron chi connectivity index (χ0n) is 10.4. The smallest absolute Gasteiger partial charge is 0.0195 e. The molecule has 0 radical (unpaired) electrons. The van der Waals surface area contributed by atoms with Crippen molar-refractivity contribution in [2.75, 3.05) is 26.2 Å². The Hall–Kier alpha value is -0.0800. The Morgan fingerprint density at radius 1 is 1.40 bits per heavy atom. The summed E-state index contributed by atoms with van der Waals surface area (Å²) in [4.78, 5) is 2.68. The Balaban J connectivity index is 1.71. The van der Waals surface area contributed by atoms with Gasteiger partial charge in [-0.1, -0.05) is 13.8 Å². The molecular formula is C13H26N2. The Kier molecular flexibility index (Phi) is 3.68. The van der Waals surface area contributed by atoms with E-state index in [0.717, 1.165) is 6.04 Å². The predicted molar refractivity (Wildman–Crippen MR) is 65.1 cm³/mol. The molecule has 15 heavy (non-hydrogen) atoms. The monoisotopic (exact) mass is 210 g/mol. The highest BCUT2D eigenvalue weighted by molar-refractivity contribution is 4.92. The Morgan fingerprint density at radius 3 is 2.87 bits per heavy atom. The van der Waals surface area contributed by atoms with E-state index in [0.29, 0.717) is 5.41 Å². The van der Waals surface area contributed by atoms with Gasteiger partial charge >= 0.3 is 0 Å². The molecule has 1 atom stereocenters. The highest BCUT2D eigenvalue weighted by Crippen LogP contribution is 2.45. The van der Waals surface area contributed by atoms with Crippen molar-refractivity contribution >= 4 is 0 Å². The molecule has 2 rings (SSSR count). The molecule has 2 fully saturated rings. The van der Waals surface area contributed by atoms with Crippen LogP contribution in [0.3, 0.4) is 0 Å². The zero-order valence-corrected chi connectivity index (χ0v) is 10.4. The second-order valence-corrected chi connectivity index (χ2v) is 5.84. The fourth-order valence-corrected chi connectivity index (χ4v) is 2.63. The van der Waals surface area contributed by atoms with Crippen LogP contribution >= 0.6 is 0 Å². The molecule has 2 nitrogen and oxygen atoms in total. The second-order valence-electron chi connectivity index (χ2n) is 5.84. The van der Waals surface area contributed by atoms with Crippen molar-refractivity contribution in [3.63, 3.8) is 0 Å². The highest BCUT2D eigenvalue weighted by Gasteiger charge is 2.39. The van der Waals surface area contributed by atoms with Crippen LogP contribution in [0.4, 0.5) is 0 Å². The third-order valence-electron chi connectivity index (χ3n) is 3.90. The molecule has 0 aromatic rings. The molecule has 2 aliphatic rings. The lowest BCUT2D eigenvalue weighted by atomic mass is 10.0. The second kappa shape index (κ2) is 4.84. The lowest BCUT2D eigenvalue weighted by Gasteiger charge is -2.34. The molecular weight excluding hydrogens is 184 g/mol. The van der Waals surface area contributed by atoms with E-state index in [9.17, 15) is 0 Å². The van der Waals surface area contributed by atoms with Crippen LogP contribution in [-0.2, 0) is 0 Å². The highest BCUT2D eigenvalue weighted by atomic mass is 15.2. The number of likely N-dealkylation sites (tertiary alicyclic amines) is 1. The normalized spacial score (nSPS) is 30.4. The molecule has 0 bridgehead atoms. The third-order valence-corrected chi connectivity index (χ3v) is 3.90. The maximum atomic E-state index is 3.67. The summed E-state index contributed by atoms with van der Waals surface area (Å²) >= 11 is 0. The van der Waals surface area contributed by atoms with Crippen LogP contribution in [0.2, 0.25) is 0 Å². The maximum absolute atomic E-state index is 3.67. The number of hydrogen-bond donors (Lipinski definition) is 1. The topological polar surface area (TPSA) is 15.3 Å². The van der Waals surface area contributed by atoms with Gasteiger partial charge in [0.25, 0.3) is 0 Å². The number of rotatable bonds is 5. The minimum atomic E-state index is 0.687. The van der Waals surface area contributed by atoms with Gasteiger partial charge in [0.2, 0.25) is 0 Å². The largest absolute Gasteiger partial charge is 0.313 e. The SMILES string of the molecule is CCCNC1CCCN(CC2(C)CC2)C1. The van der Waals surface area contributed by atoms with Gasteiger partial charge in [0.1, 0.15) is 0 Å². The molecule has 0 amide bonds. The summed E-state index contributed by atoms with van der Waals surface area (Å²) in [7, 11) is 0. The maximum Gasteiger partial charge on any atom is 0.0195 e. The van der Waals surface area contributed by atoms with Crippen LogP contribution in [0.1, 0.15) is 46.0 Å². The molecule has 1 heterocycles. The first kappa shape index (κ1) is 11.4. The average Bonchev–Trinajstić information content (AvgIpc) is 2.93. The minimum Gasteiger partial charge on any atom is -0.313 e. The summed E-state index contributed by atoms with van der Waals surface area (Å²) in [5, 5.41) is 3.67. The van der Waals surface area contributed by atoms with Crippen molar-refractivity contribution in [2.45, 2.75) is 52.0 Å². The van der Waals surface area contributed by atoms with Gasteiger partial charge in [0.05, 0.1) is 0 Å². The lowest BCUT2D eigenvalue weighted by Crippen LogP contribution is -2.47. The van der Waals surface area contributed by atoms with E-state index >= 15 is 0 Å². The fraction of sp³-hybridized carbons (Fsp3) is 1.00. The Labute approximate surface area is 94.4 Å². The molecule has 0 aromatic carbocycles. The van der Waals surface area contributed by atoms with Crippen molar-refractivity contribution in [3.05, 3.63) is 0 Å². The molecule has 1 unspecified atom stereocenters. The molecule has 1 saturated carbocycles. The molecule has 2 heteroatoms. The van der Waals surface area contributed by atoms with Crippen LogP contribution < -0.4 is 5.32 Å². The fourth-order valence-electron chi connectivity index (χ4n) is 2.63. The van der Waals surface area contributed by atoms with E-state index in [2.05, 4.69) is 24.1 Å². The molecule has 0 spiro atoms. The van der Waals surface area contributed by atoms with Crippen LogP contribution in [0.15, 0.2) is 0 Å². The number of nitrogens with zero attached hydrogens (tertiary/aromatic N) is 1. The third kappa shape index (κ3) is 3.46. The molecule has 1 aliphatic heterocycles. The number of nitrogens with one attached hydrogen (secondary N) is 1. The summed E-state index contributed by atoms with van der Waals surface area (Å²) in [6, 6.07) is 0.765. The van der Waals surface area contributed by atoms with Crippen molar-refractivity contribution in [1.82, 2.24) is 10.2 Å². The van der Waals surface area contributed by atoms with Crippen LogP contribution in [-0.4, -0.2) is 37.1 Å². The first-order valence-electron chi connectivity index (χ1n) is 6.68. The van der Waals surface area contributed by atoms with Gasteiger partial charge in [-0.3, -0.25) is 0 Å². The quantitative estimate of drug-likeness (QED) is 0.749. The predicted octanol–water partition coefficient (Wildman–Crippen LogP) is 2.25. The van der Waals surface area contributed by atoms with Crippen LogP contribution in [0.5, 0.6) is 0 Å². The summed E-state index contributed by atoms with van der Waals surface area (Å²) in [5.74, 6) is 0. The van der Waals surface area contributed by atoms with Gasteiger partial charge in [-0.15, -0.1) is 0 Å². The first-order valence-corrected chi connectivity index (χ1v) is 6.68. The van der Waals surface area contributed by atoms with Crippen LogP contribution in [0, 0.1) is 5.41 Å². The summed E-state index contributed by atoms with van der Waals surface area (Å²) in [6.45, 7) is 9.84. The van der Waals surface area contributed by atoms with E-state index in [1.54, 1.807) is 0 Å². The van der Waals surface area contributed by atoms with Gasteiger partial charge in [0.15, 0.2) is 0 Å². The van der Waals surface area contributed by atoms with Crippen molar-refractivity contribution in [2.24, 2.45) is 5.41 Å². The molecule has 1 N–H and O–H groups in total. The standard InChI is InChI=1S/C13H26N2/c1-3-8-14-12-5-4-9-15(10-12)11-13(2)6-7-13/h12,14H,3-11H2,1-2H3. The molecule has 0 aromatic heterocycles. The summed E-state index contributed by atoms with van der Waals surface area (Å²) < 4.78 is 0. The van der Waals surface area contributed by atoms with E-state index in [-0.39, 0.29) is 0 Å². The van der Waals surface area contributed by atoms with Crippen LogP contribution in [0.25, 0.3) is 0 Å². The van der Waals surface area contributed by atoms with E-state index in [1.165, 1.54) is 58.3 Å². The van der Waals surface area contributed by atoms with E-state index in [1.807, 2.05) is 0 Å². The molecule has 1 aliphatic carbocycles. The molecule has 88 valence electrons. The number of piperidine rings is 1. The van der Waals surface area contributed by atoms with Crippen molar-refractivity contribution < 1.29 is 0 Å². The van der Waals surface area contributed by atoms with Crippen molar-refractivity contribution in [1.29, 1.82) is 0 Å². The van der Waals surface area contributed by atoms with Gasteiger partial charge < -0.3 is 10.2 Å². The van der Waals surface area contributed by atoms with E-state index < -0.39 is 0 Å². The summed E-state index contributed by atoms with van der Waals surface area (Å²) in [5.41, 5.74) is 0.687. The average molecular weight is 210 g/mol. The van der Waals surface area contributed by atoms with Gasteiger partial charge in [-0.2, -0.15) is 0 Å². The van der Waals surface area contributed by atoms with E-state index in [4.69, 9.17) is 0 Å². The zero-order chi connectivity index (χ0) is 10.7. The minimum absolute atomic E-state index is 0.687. The first-order chi connectivity index (χ1) is 7.22. The van der Waals surface area contributed by atoms with Crippen molar-refractivity contribution in [3.8, 4) is 0 Å². The Morgan fingerprint density at radius 2 is 2.20 bits per heavy atom. The summed E-state index contributed by atoms with van der Waals surface area (Å²) in [6.07, 6.45) is 6.94. The van der Waals surface area contributed by atoms with Gasteiger partial charge in [0, 0.05) is 19.1 Å². The van der Waals surface area contributed by atoms with Gasteiger partial charge in [-0.25, -0.2) is 0 Å². The number of hydrogen-bond acceptors (Lipinski definition) is 2. The molecule has 1 saturated heterocycles.